The Kier molecular flexibility index (Phi) is 3.83. The molecule has 0 bridgehead atoms. The largest absolute Gasteiger partial charge is 0.497 e. The van der Waals surface area contributed by atoms with Gasteiger partial charge in [0.05, 0.1) is 18.3 Å². The molecule has 1 aliphatic rings. The highest BCUT2D eigenvalue weighted by atomic mass is 16.5. The quantitative estimate of drug-likeness (QED) is 0.595. The number of aryl methyl sites for hydroxylation is 1. The third-order valence-corrected chi connectivity index (χ3v) is 5.11. The van der Waals surface area contributed by atoms with Crippen LogP contribution in [0.3, 0.4) is 0 Å². The third kappa shape index (κ3) is 2.70. The molecule has 2 aromatic heterocycles. The molecule has 0 saturated heterocycles. The summed E-state index contributed by atoms with van der Waals surface area (Å²) in [5.74, 6) is 1.35. The van der Waals surface area contributed by atoms with Gasteiger partial charge in [0, 0.05) is 35.4 Å². The fraction of sp³-hybridized carbons (Fsp3) is 0.136. The van der Waals surface area contributed by atoms with E-state index in [0.717, 1.165) is 40.0 Å². The fourth-order valence-electron chi connectivity index (χ4n) is 3.75. The van der Waals surface area contributed by atoms with Gasteiger partial charge in [0.1, 0.15) is 11.6 Å². The molecular weight excluding hydrogens is 352 g/mol. The molecule has 28 heavy (non-hydrogen) atoms. The Balaban J connectivity index is 1.61. The minimum Gasteiger partial charge on any atom is -0.497 e. The number of anilines is 2. The Labute approximate surface area is 161 Å². The van der Waals surface area contributed by atoms with Gasteiger partial charge in [0.25, 0.3) is 0 Å². The number of nitrogens with zero attached hydrogens (tertiary/aromatic N) is 3. The molecule has 6 heteroatoms. The van der Waals surface area contributed by atoms with Crippen molar-refractivity contribution in [1.29, 1.82) is 0 Å². The number of nitrogens with one attached hydrogen (secondary N) is 1. The monoisotopic (exact) mass is 370 g/mol. The summed E-state index contributed by atoms with van der Waals surface area (Å²) in [6.45, 7) is 0.611. The lowest BCUT2D eigenvalue weighted by Gasteiger charge is -2.22. The van der Waals surface area contributed by atoms with Crippen molar-refractivity contribution >= 4 is 22.4 Å². The molecule has 5 rings (SSSR count). The van der Waals surface area contributed by atoms with Crippen LogP contribution >= 0.6 is 0 Å². The second-order valence-electron chi connectivity index (χ2n) is 6.73. The Morgan fingerprint density at radius 1 is 1.11 bits per heavy atom. The zero-order chi connectivity index (χ0) is 19.1. The lowest BCUT2D eigenvalue weighted by molar-refractivity contribution is 0.414. The standard InChI is InChI=1S/C22H18N4O2/c1-28-15-7-8-16-14(12-15)9-11-26-20(16)13-21(25-22(26)27)24-19-6-2-5-18-17(19)4-3-10-23-18/h2-8,10,12-13H,9,11H2,1H3,(H,24,25,27). The second-order valence-corrected chi connectivity index (χ2v) is 6.73. The molecule has 0 spiro atoms. The van der Waals surface area contributed by atoms with Crippen LogP contribution in [-0.4, -0.2) is 21.6 Å². The number of pyridine rings is 1. The first kappa shape index (κ1) is 16.5. The Hall–Kier alpha value is -3.67. The van der Waals surface area contributed by atoms with E-state index < -0.39 is 0 Å². The minimum absolute atomic E-state index is 0.250. The molecular formula is C22H18N4O2. The van der Waals surface area contributed by atoms with Crippen molar-refractivity contribution < 1.29 is 4.74 Å². The summed E-state index contributed by atoms with van der Waals surface area (Å²) >= 11 is 0. The number of ether oxygens (including phenoxy) is 1. The van der Waals surface area contributed by atoms with Crippen molar-refractivity contribution in [3.8, 4) is 17.0 Å². The summed E-state index contributed by atoms with van der Waals surface area (Å²) in [5, 5.41) is 4.28. The van der Waals surface area contributed by atoms with E-state index in [-0.39, 0.29) is 5.69 Å². The average molecular weight is 370 g/mol. The van der Waals surface area contributed by atoms with Crippen LogP contribution in [0.25, 0.3) is 22.2 Å². The molecule has 3 heterocycles. The summed E-state index contributed by atoms with van der Waals surface area (Å²) in [6.07, 6.45) is 2.55. The second kappa shape index (κ2) is 6.49. The van der Waals surface area contributed by atoms with Crippen molar-refractivity contribution in [2.75, 3.05) is 12.4 Å². The third-order valence-electron chi connectivity index (χ3n) is 5.11. The van der Waals surface area contributed by atoms with E-state index in [1.54, 1.807) is 17.9 Å². The van der Waals surface area contributed by atoms with E-state index in [0.29, 0.717) is 12.4 Å². The van der Waals surface area contributed by atoms with E-state index in [1.807, 2.05) is 54.6 Å². The van der Waals surface area contributed by atoms with E-state index in [1.165, 1.54) is 5.56 Å². The zero-order valence-electron chi connectivity index (χ0n) is 15.3. The minimum atomic E-state index is -0.250. The van der Waals surface area contributed by atoms with Crippen LogP contribution in [0.1, 0.15) is 5.56 Å². The van der Waals surface area contributed by atoms with E-state index >= 15 is 0 Å². The molecule has 0 amide bonds. The molecule has 138 valence electrons. The molecule has 0 unspecified atom stereocenters. The first-order valence-electron chi connectivity index (χ1n) is 9.13. The highest BCUT2D eigenvalue weighted by molar-refractivity contribution is 5.92. The van der Waals surface area contributed by atoms with Crippen molar-refractivity contribution in [2.24, 2.45) is 0 Å². The van der Waals surface area contributed by atoms with Crippen LogP contribution < -0.4 is 15.7 Å². The van der Waals surface area contributed by atoms with Gasteiger partial charge in [0.2, 0.25) is 0 Å². The molecule has 0 aliphatic carbocycles. The lowest BCUT2D eigenvalue weighted by atomic mass is 9.97. The highest BCUT2D eigenvalue weighted by Crippen LogP contribution is 2.32. The molecule has 0 fully saturated rings. The van der Waals surface area contributed by atoms with Crippen LogP contribution in [0.4, 0.5) is 11.5 Å². The summed E-state index contributed by atoms with van der Waals surface area (Å²) in [6, 6.07) is 17.6. The fourth-order valence-corrected chi connectivity index (χ4v) is 3.75. The normalized spacial score (nSPS) is 12.3. The maximum atomic E-state index is 12.6. The maximum Gasteiger partial charge on any atom is 0.350 e. The molecule has 1 N–H and O–H groups in total. The van der Waals surface area contributed by atoms with Crippen molar-refractivity contribution in [3.63, 3.8) is 0 Å². The first-order valence-corrected chi connectivity index (χ1v) is 9.13. The van der Waals surface area contributed by atoms with Crippen LogP contribution in [0.15, 0.2) is 65.6 Å². The van der Waals surface area contributed by atoms with E-state index in [9.17, 15) is 4.79 Å². The van der Waals surface area contributed by atoms with Gasteiger partial charge in [0.15, 0.2) is 0 Å². The van der Waals surface area contributed by atoms with Gasteiger partial charge in [-0.1, -0.05) is 6.07 Å². The van der Waals surface area contributed by atoms with Crippen LogP contribution in [0, 0.1) is 0 Å². The Morgan fingerprint density at radius 3 is 2.93 bits per heavy atom. The number of hydrogen-bond acceptors (Lipinski definition) is 5. The van der Waals surface area contributed by atoms with Gasteiger partial charge in [-0.2, -0.15) is 4.98 Å². The molecule has 6 nitrogen and oxygen atoms in total. The molecule has 0 atom stereocenters. The number of fused-ring (bicyclic) bond motifs is 4. The van der Waals surface area contributed by atoms with E-state index in [2.05, 4.69) is 15.3 Å². The molecule has 0 saturated carbocycles. The molecule has 1 aliphatic heterocycles. The maximum absolute atomic E-state index is 12.6. The zero-order valence-corrected chi connectivity index (χ0v) is 15.3. The van der Waals surface area contributed by atoms with Crippen molar-refractivity contribution in [1.82, 2.24) is 14.5 Å². The summed E-state index contributed by atoms with van der Waals surface area (Å²) in [7, 11) is 1.66. The van der Waals surface area contributed by atoms with Crippen molar-refractivity contribution in [2.45, 2.75) is 13.0 Å². The number of hydrogen-bond donors (Lipinski definition) is 1. The summed E-state index contributed by atoms with van der Waals surface area (Å²) in [4.78, 5) is 21.3. The van der Waals surface area contributed by atoms with Crippen LogP contribution in [0.5, 0.6) is 5.75 Å². The number of aromatic nitrogens is 3. The average Bonchev–Trinajstić information content (AvgIpc) is 2.73. The lowest BCUT2D eigenvalue weighted by Crippen LogP contribution is -2.28. The summed E-state index contributed by atoms with van der Waals surface area (Å²) < 4.78 is 7.06. The first-order chi connectivity index (χ1) is 13.7. The van der Waals surface area contributed by atoms with Crippen molar-refractivity contribution in [3.05, 3.63) is 76.8 Å². The number of rotatable bonds is 3. The molecule has 0 radical (unpaired) electrons. The van der Waals surface area contributed by atoms with Gasteiger partial charge in [-0.05, 0) is 54.4 Å². The number of benzene rings is 2. The predicted octanol–water partition coefficient (Wildman–Crippen LogP) is 3.77. The highest BCUT2D eigenvalue weighted by Gasteiger charge is 2.19. The Morgan fingerprint density at radius 2 is 2.04 bits per heavy atom. The SMILES string of the molecule is COc1ccc2c(c1)CCn1c-2cc(Nc2cccc3ncccc23)nc1=O. The smallest absolute Gasteiger partial charge is 0.350 e. The van der Waals surface area contributed by atoms with Crippen LogP contribution in [-0.2, 0) is 13.0 Å². The topological polar surface area (TPSA) is 69.0 Å². The van der Waals surface area contributed by atoms with E-state index in [4.69, 9.17) is 4.74 Å². The van der Waals surface area contributed by atoms with Gasteiger partial charge < -0.3 is 10.1 Å². The van der Waals surface area contributed by atoms with Gasteiger partial charge in [-0.25, -0.2) is 4.79 Å². The van der Waals surface area contributed by atoms with Gasteiger partial charge in [-0.15, -0.1) is 0 Å². The predicted molar refractivity (Wildman–Crippen MR) is 109 cm³/mol. The number of methoxy groups -OCH3 is 1. The van der Waals surface area contributed by atoms with Crippen LogP contribution in [0.2, 0.25) is 0 Å². The Bertz CT molecular complexity index is 1260. The molecule has 4 aromatic rings. The van der Waals surface area contributed by atoms with Gasteiger partial charge >= 0.3 is 5.69 Å². The summed E-state index contributed by atoms with van der Waals surface area (Å²) in [5.41, 5.74) is 4.58. The van der Waals surface area contributed by atoms with Gasteiger partial charge in [-0.3, -0.25) is 9.55 Å². The molecule has 2 aromatic carbocycles.